The molecule has 0 aliphatic rings. The Bertz CT molecular complexity index is 652. The number of carbonyl (C=O) groups is 3. The van der Waals surface area contributed by atoms with E-state index in [-0.39, 0.29) is 13.0 Å². The Morgan fingerprint density at radius 3 is 2.33 bits per heavy atom. The van der Waals surface area contributed by atoms with Crippen LogP contribution in [0.15, 0.2) is 43.0 Å². The number of nitrogens with one attached hydrogen (secondary N) is 2. The minimum Gasteiger partial charge on any atom is -0.458 e. The monoisotopic (exact) mass is 376 g/mol. The number of amides is 2. The molecule has 0 radical (unpaired) electrons. The van der Waals surface area contributed by atoms with Gasteiger partial charge in [-0.3, -0.25) is 4.79 Å². The molecule has 7 heteroatoms. The molecule has 2 N–H and O–H groups in total. The number of carbonyl (C=O) groups excluding carboxylic acids is 3. The highest BCUT2D eigenvalue weighted by Gasteiger charge is 2.37. The summed E-state index contributed by atoms with van der Waals surface area (Å²) < 4.78 is 10.5. The molecule has 0 bridgehead atoms. The maximum atomic E-state index is 12.6. The number of allylic oxidation sites excluding steroid dienone is 1. The Hall–Kier alpha value is -2.83. The van der Waals surface area contributed by atoms with Gasteiger partial charge < -0.3 is 20.1 Å². The summed E-state index contributed by atoms with van der Waals surface area (Å²) in [5.74, 6) is -1.99. The molecule has 0 unspecified atom stereocenters. The van der Waals surface area contributed by atoms with Crippen LogP contribution in [0.5, 0.6) is 0 Å². The average Bonchev–Trinajstić information content (AvgIpc) is 2.61. The highest BCUT2D eigenvalue weighted by molar-refractivity contribution is 5.90. The SMILES string of the molecule is C=CC[C@@H](C(=O)NC)[C@H](NC(=O)OCc1ccccc1)C(=O)OC(C)(C)C. The van der Waals surface area contributed by atoms with Crippen molar-refractivity contribution in [1.82, 2.24) is 10.6 Å². The van der Waals surface area contributed by atoms with Crippen LogP contribution in [0, 0.1) is 5.92 Å². The van der Waals surface area contributed by atoms with Crippen molar-refractivity contribution in [1.29, 1.82) is 0 Å². The van der Waals surface area contributed by atoms with E-state index in [4.69, 9.17) is 9.47 Å². The number of alkyl carbamates (subject to hydrolysis) is 1. The summed E-state index contributed by atoms with van der Waals surface area (Å²) >= 11 is 0. The lowest BCUT2D eigenvalue weighted by Gasteiger charge is -2.28. The van der Waals surface area contributed by atoms with E-state index in [0.29, 0.717) is 0 Å². The van der Waals surface area contributed by atoms with Crippen molar-refractivity contribution >= 4 is 18.0 Å². The zero-order chi connectivity index (χ0) is 20.4. The number of benzene rings is 1. The van der Waals surface area contributed by atoms with Gasteiger partial charge in [0.05, 0.1) is 5.92 Å². The average molecular weight is 376 g/mol. The second-order valence-electron chi connectivity index (χ2n) is 6.96. The Morgan fingerprint density at radius 2 is 1.81 bits per heavy atom. The smallest absolute Gasteiger partial charge is 0.408 e. The van der Waals surface area contributed by atoms with Crippen LogP contribution in [-0.4, -0.2) is 36.7 Å². The minimum atomic E-state index is -1.20. The van der Waals surface area contributed by atoms with Gasteiger partial charge in [0.15, 0.2) is 0 Å². The van der Waals surface area contributed by atoms with Crippen LogP contribution < -0.4 is 10.6 Å². The van der Waals surface area contributed by atoms with Gasteiger partial charge in [-0.05, 0) is 32.8 Å². The fraction of sp³-hybridized carbons (Fsp3) is 0.450. The molecule has 0 fully saturated rings. The molecule has 2 amide bonds. The van der Waals surface area contributed by atoms with Gasteiger partial charge in [-0.1, -0.05) is 36.4 Å². The number of rotatable bonds is 8. The summed E-state index contributed by atoms with van der Waals surface area (Å²) in [7, 11) is 1.46. The molecule has 0 aliphatic carbocycles. The van der Waals surface area contributed by atoms with Crippen molar-refractivity contribution in [2.45, 2.75) is 45.4 Å². The van der Waals surface area contributed by atoms with Crippen molar-refractivity contribution < 1.29 is 23.9 Å². The van der Waals surface area contributed by atoms with Crippen molar-refractivity contribution in [3.63, 3.8) is 0 Å². The lowest BCUT2D eigenvalue weighted by Crippen LogP contribution is -2.52. The summed E-state index contributed by atoms with van der Waals surface area (Å²) in [6.07, 6.45) is 0.879. The lowest BCUT2D eigenvalue weighted by atomic mass is 9.94. The molecule has 27 heavy (non-hydrogen) atoms. The van der Waals surface area contributed by atoms with Crippen molar-refractivity contribution in [2.75, 3.05) is 7.05 Å². The van der Waals surface area contributed by atoms with Crippen molar-refractivity contribution in [3.05, 3.63) is 48.6 Å². The van der Waals surface area contributed by atoms with Gasteiger partial charge in [0.2, 0.25) is 5.91 Å². The predicted molar refractivity (Wildman–Crippen MR) is 102 cm³/mol. The third-order valence-electron chi connectivity index (χ3n) is 3.55. The van der Waals surface area contributed by atoms with Gasteiger partial charge in [0, 0.05) is 7.05 Å². The first kappa shape index (κ1) is 22.2. The van der Waals surface area contributed by atoms with E-state index in [1.54, 1.807) is 20.8 Å². The van der Waals surface area contributed by atoms with E-state index in [2.05, 4.69) is 17.2 Å². The third-order valence-corrected chi connectivity index (χ3v) is 3.55. The van der Waals surface area contributed by atoms with Crippen LogP contribution in [0.3, 0.4) is 0 Å². The van der Waals surface area contributed by atoms with Crippen LogP contribution in [0.1, 0.15) is 32.8 Å². The fourth-order valence-electron chi connectivity index (χ4n) is 2.34. The first-order chi connectivity index (χ1) is 12.7. The summed E-state index contributed by atoms with van der Waals surface area (Å²) in [4.78, 5) is 37.0. The quantitative estimate of drug-likeness (QED) is 0.537. The van der Waals surface area contributed by atoms with E-state index in [9.17, 15) is 14.4 Å². The van der Waals surface area contributed by atoms with Gasteiger partial charge in [-0.25, -0.2) is 9.59 Å². The standard InChI is InChI=1S/C20H28N2O5/c1-6-10-15(17(23)21-5)16(18(24)27-20(2,3)4)22-19(25)26-13-14-11-8-7-9-12-14/h6-9,11-12,15-16H,1,10,13H2,2-5H3,(H,21,23)(H,22,25)/t15-,16+/m1/s1. The Kier molecular flexibility index (Phi) is 8.51. The molecule has 0 aromatic heterocycles. The molecular weight excluding hydrogens is 348 g/mol. The molecule has 1 aromatic rings. The van der Waals surface area contributed by atoms with Crippen LogP contribution in [0.25, 0.3) is 0 Å². The summed E-state index contributed by atoms with van der Waals surface area (Å²) in [5.41, 5.74) is 0.0299. The van der Waals surface area contributed by atoms with Gasteiger partial charge >= 0.3 is 12.1 Å². The number of hydrogen-bond acceptors (Lipinski definition) is 5. The second-order valence-corrected chi connectivity index (χ2v) is 6.96. The molecule has 0 heterocycles. The Morgan fingerprint density at radius 1 is 1.19 bits per heavy atom. The summed E-state index contributed by atoms with van der Waals surface area (Å²) in [5, 5.41) is 4.96. The minimum absolute atomic E-state index is 0.0415. The second kappa shape index (κ2) is 10.4. The molecule has 1 aromatic carbocycles. The van der Waals surface area contributed by atoms with Gasteiger partial charge in [-0.15, -0.1) is 6.58 Å². The molecular formula is C20H28N2O5. The van der Waals surface area contributed by atoms with E-state index in [1.807, 2.05) is 30.3 Å². The Balaban J connectivity index is 2.91. The normalized spacial score (nSPS) is 13.0. The lowest BCUT2D eigenvalue weighted by molar-refractivity contribution is -0.160. The highest BCUT2D eigenvalue weighted by Crippen LogP contribution is 2.17. The molecule has 2 atom stereocenters. The third kappa shape index (κ3) is 7.94. The van der Waals surface area contributed by atoms with Crippen LogP contribution in [0.2, 0.25) is 0 Å². The number of ether oxygens (including phenoxy) is 2. The first-order valence-corrected chi connectivity index (χ1v) is 8.70. The van der Waals surface area contributed by atoms with Crippen molar-refractivity contribution in [3.8, 4) is 0 Å². The molecule has 7 nitrogen and oxygen atoms in total. The van der Waals surface area contributed by atoms with E-state index in [1.165, 1.54) is 13.1 Å². The van der Waals surface area contributed by atoms with E-state index >= 15 is 0 Å². The molecule has 1 rings (SSSR count). The molecule has 0 aliphatic heterocycles. The van der Waals surface area contributed by atoms with E-state index in [0.717, 1.165) is 5.56 Å². The molecule has 0 spiro atoms. The number of esters is 1. The highest BCUT2D eigenvalue weighted by atomic mass is 16.6. The maximum absolute atomic E-state index is 12.6. The largest absolute Gasteiger partial charge is 0.458 e. The molecule has 148 valence electrons. The maximum Gasteiger partial charge on any atom is 0.408 e. The van der Waals surface area contributed by atoms with Gasteiger partial charge in [0.1, 0.15) is 18.2 Å². The fourth-order valence-corrected chi connectivity index (χ4v) is 2.34. The van der Waals surface area contributed by atoms with Gasteiger partial charge in [-0.2, -0.15) is 0 Å². The molecule has 0 saturated carbocycles. The first-order valence-electron chi connectivity index (χ1n) is 8.70. The van der Waals surface area contributed by atoms with Crippen LogP contribution in [0.4, 0.5) is 4.79 Å². The van der Waals surface area contributed by atoms with E-state index < -0.39 is 35.5 Å². The summed E-state index contributed by atoms with van der Waals surface area (Å²) in [6.45, 7) is 8.77. The zero-order valence-electron chi connectivity index (χ0n) is 16.3. The molecule has 0 saturated heterocycles. The topological polar surface area (TPSA) is 93.7 Å². The predicted octanol–water partition coefficient (Wildman–Crippen LogP) is 2.56. The number of hydrogen-bond donors (Lipinski definition) is 2. The van der Waals surface area contributed by atoms with Crippen LogP contribution >= 0.6 is 0 Å². The zero-order valence-corrected chi connectivity index (χ0v) is 16.3. The summed E-state index contributed by atoms with van der Waals surface area (Å²) in [6, 6.07) is 7.92. The van der Waals surface area contributed by atoms with Crippen molar-refractivity contribution in [2.24, 2.45) is 5.92 Å². The van der Waals surface area contributed by atoms with Gasteiger partial charge in [0.25, 0.3) is 0 Å². The Labute approximate surface area is 160 Å². The van der Waals surface area contributed by atoms with Crippen LogP contribution in [-0.2, 0) is 25.7 Å².